The van der Waals surface area contributed by atoms with E-state index in [9.17, 15) is 18.3 Å². The minimum absolute atomic E-state index is 0.351. The standard InChI is InChI=1S/C8H11F3N2OS2/c1-12-8-13-3-2(9)4(14)5(6(10)11)15-7(3)16-8/h2-7,14H,1H3,(H,12,13)/t2?,3?,4?,5?,7-/m1/s1. The van der Waals surface area contributed by atoms with Crippen LogP contribution in [0.4, 0.5) is 13.2 Å². The molecule has 2 fully saturated rings. The van der Waals surface area contributed by atoms with Crippen molar-refractivity contribution in [3.05, 3.63) is 0 Å². The average molecular weight is 272 g/mol. The smallest absolute Gasteiger partial charge is 0.252 e. The lowest BCUT2D eigenvalue weighted by molar-refractivity contribution is 0.00860. The van der Waals surface area contributed by atoms with Crippen LogP contribution in [0.25, 0.3) is 0 Å². The molecule has 92 valence electrons. The molecular formula is C8H11F3N2OS2. The second-order valence-corrected chi connectivity index (χ2v) is 6.31. The molecular weight excluding hydrogens is 261 g/mol. The zero-order chi connectivity index (χ0) is 11.9. The first-order valence-electron chi connectivity index (χ1n) is 4.70. The number of thioether (sulfide) groups is 2. The number of hydrogen-bond acceptors (Lipinski definition) is 4. The number of aliphatic imine (C=N–C) groups is 1. The van der Waals surface area contributed by atoms with E-state index in [1.165, 1.54) is 11.8 Å². The molecule has 2 aliphatic heterocycles. The Kier molecular flexibility index (Phi) is 3.60. The summed E-state index contributed by atoms with van der Waals surface area (Å²) >= 11 is 2.16. The number of nitrogens with one attached hydrogen (secondary N) is 1. The maximum Gasteiger partial charge on any atom is 0.252 e. The number of aliphatic hydroxyl groups excluding tert-OH is 1. The molecule has 5 atom stereocenters. The summed E-state index contributed by atoms with van der Waals surface area (Å²) in [6.07, 6.45) is -6.03. The van der Waals surface area contributed by atoms with Crippen LogP contribution in [-0.2, 0) is 0 Å². The van der Waals surface area contributed by atoms with Gasteiger partial charge in [-0.2, -0.15) is 0 Å². The van der Waals surface area contributed by atoms with Crippen molar-refractivity contribution < 1.29 is 18.3 Å². The molecule has 2 rings (SSSR count). The van der Waals surface area contributed by atoms with Gasteiger partial charge in [0.1, 0.15) is 12.3 Å². The minimum Gasteiger partial charge on any atom is -0.389 e. The van der Waals surface area contributed by atoms with Gasteiger partial charge in [-0.05, 0) is 0 Å². The number of alkyl halides is 3. The van der Waals surface area contributed by atoms with Crippen molar-refractivity contribution in [1.82, 2.24) is 5.32 Å². The predicted octanol–water partition coefficient (Wildman–Crippen LogP) is 1.08. The lowest BCUT2D eigenvalue weighted by atomic mass is 10.0. The van der Waals surface area contributed by atoms with Crippen LogP contribution in [0, 0.1) is 0 Å². The Morgan fingerprint density at radius 2 is 2.19 bits per heavy atom. The summed E-state index contributed by atoms with van der Waals surface area (Å²) in [6, 6.07) is -0.640. The van der Waals surface area contributed by atoms with Crippen molar-refractivity contribution in [2.75, 3.05) is 7.05 Å². The number of aliphatic hydroxyl groups is 1. The summed E-state index contributed by atoms with van der Waals surface area (Å²) in [5.74, 6) is 0. The molecule has 16 heavy (non-hydrogen) atoms. The van der Waals surface area contributed by atoms with Gasteiger partial charge in [0.05, 0.1) is 15.9 Å². The Balaban J connectivity index is 2.15. The second-order valence-electron chi connectivity index (χ2n) is 3.56. The van der Waals surface area contributed by atoms with E-state index in [-0.39, 0.29) is 4.58 Å². The first-order chi connectivity index (χ1) is 7.54. The molecule has 2 saturated heterocycles. The SMILES string of the molecule is CN=C1NC2C(F)C(O)C(C(F)F)S[C@@H]2S1. The Morgan fingerprint density at radius 1 is 1.50 bits per heavy atom. The fourth-order valence-electron chi connectivity index (χ4n) is 1.72. The zero-order valence-corrected chi connectivity index (χ0v) is 9.94. The third kappa shape index (κ3) is 2.02. The Hall–Kier alpha value is -0.0800. The van der Waals surface area contributed by atoms with Gasteiger partial charge < -0.3 is 10.4 Å². The van der Waals surface area contributed by atoms with E-state index in [0.29, 0.717) is 5.17 Å². The topological polar surface area (TPSA) is 44.6 Å². The summed E-state index contributed by atoms with van der Waals surface area (Å²) in [4.78, 5) is 3.86. The highest BCUT2D eigenvalue weighted by molar-refractivity contribution is 8.25. The average Bonchev–Trinajstić information content (AvgIpc) is 2.66. The number of nitrogens with zero attached hydrogens (tertiary/aromatic N) is 1. The number of rotatable bonds is 1. The van der Waals surface area contributed by atoms with E-state index in [4.69, 9.17) is 0 Å². The van der Waals surface area contributed by atoms with Crippen molar-refractivity contribution in [1.29, 1.82) is 0 Å². The third-order valence-corrected chi connectivity index (χ3v) is 5.59. The van der Waals surface area contributed by atoms with E-state index in [1.54, 1.807) is 7.05 Å². The fraction of sp³-hybridized carbons (Fsp3) is 0.875. The van der Waals surface area contributed by atoms with Gasteiger partial charge in [-0.3, -0.25) is 4.99 Å². The lowest BCUT2D eigenvalue weighted by Gasteiger charge is -2.36. The lowest BCUT2D eigenvalue weighted by Crippen LogP contribution is -2.54. The normalized spacial score (nSPS) is 45.9. The summed E-state index contributed by atoms with van der Waals surface area (Å²) in [7, 11) is 1.55. The number of amidine groups is 1. The van der Waals surface area contributed by atoms with Crippen LogP contribution in [0.3, 0.4) is 0 Å². The van der Waals surface area contributed by atoms with Gasteiger partial charge in [-0.25, -0.2) is 13.2 Å². The summed E-state index contributed by atoms with van der Waals surface area (Å²) in [5.41, 5.74) is 0. The molecule has 0 radical (unpaired) electrons. The van der Waals surface area contributed by atoms with Gasteiger partial charge >= 0.3 is 0 Å². The van der Waals surface area contributed by atoms with Crippen molar-refractivity contribution in [2.45, 2.75) is 34.6 Å². The molecule has 0 aliphatic carbocycles. The number of hydrogen-bond donors (Lipinski definition) is 2. The molecule has 4 unspecified atom stereocenters. The Labute approximate surface area is 99.3 Å². The molecule has 0 bridgehead atoms. The maximum absolute atomic E-state index is 13.7. The molecule has 0 aromatic rings. The molecule has 2 heterocycles. The maximum atomic E-state index is 13.7. The molecule has 3 nitrogen and oxygen atoms in total. The highest BCUT2D eigenvalue weighted by Gasteiger charge is 2.52. The Bertz CT molecular complexity index is 305. The largest absolute Gasteiger partial charge is 0.389 e. The van der Waals surface area contributed by atoms with Crippen LogP contribution in [0.1, 0.15) is 0 Å². The van der Waals surface area contributed by atoms with Crippen molar-refractivity contribution >= 4 is 28.7 Å². The molecule has 0 spiro atoms. The van der Waals surface area contributed by atoms with Gasteiger partial charge in [-0.1, -0.05) is 11.8 Å². The first kappa shape index (κ1) is 12.4. The van der Waals surface area contributed by atoms with E-state index >= 15 is 0 Å². The van der Waals surface area contributed by atoms with Gasteiger partial charge in [0.25, 0.3) is 6.43 Å². The Morgan fingerprint density at radius 3 is 2.75 bits per heavy atom. The molecule has 2 aliphatic rings. The fourth-order valence-corrected chi connectivity index (χ4v) is 4.63. The molecule has 2 N–H and O–H groups in total. The van der Waals surface area contributed by atoms with Crippen LogP contribution in [0.2, 0.25) is 0 Å². The first-order valence-corrected chi connectivity index (χ1v) is 6.52. The van der Waals surface area contributed by atoms with Gasteiger partial charge in [0.15, 0.2) is 5.17 Å². The molecule has 8 heteroatoms. The van der Waals surface area contributed by atoms with Crippen molar-refractivity contribution in [3.63, 3.8) is 0 Å². The van der Waals surface area contributed by atoms with E-state index in [0.717, 1.165) is 11.8 Å². The van der Waals surface area contributed by atoms with Gasteiger partial charge in [0.2, 0.25) is 0 Å². The van der Waals surface area contributed by atoms with Crippen LogP contribution in [0.5, 0.6) is 0 Å². The third-order valence-electron chi connectivity index (χ3n) is 2.56. The zero-order valence-electron chi connectivity index (χ0n) is 8.31. The van der Waals surface area contributed by atoms with Crippen molar-refractivity contribution in [3.8, 4) is 0 Å². The second kappa shape index (κ2) is 4.66. The van der Waals surface area contributed by atoms with E-state index < -0.39 is 30.0 Å². The monoisotopic (exact) mass is 272 g/mol. The highest BCUT2D eigenvalue weighted by atomic mass is 32.2. The van der Waals surface area contributed by atoms with E-state index in [1.807, 2.05) is 0 Å². The molecule has 0 amide bonds. The van der Waals surface area contributed by atoms with Gasteiger partial charge in [0, 0.05) is 7.05 Å². The minimum atomic E-state index is -2.72. The molecule has 0 saturated carbocycles. The highest BCUT2D eigenvalue weighted by Crippen LogP contribution is 2.45. The molecule has 0 aromatic carbocycles. The summed E-state index contributed by atoms with van der Waals surface area (Å²) in [5, 5.41) is 11.4. The number of fused-ring (bicyclic) bond motifs is 1. The molecule has 0 aromatic heterocycles. The number of halogens is 3. The van der Waals surface area contributed by atoms with Crippen LogP contribution in [-0.4, -0.2) is 51.9 Å². The van der Waals surface area contributed by atoms with Crippen LogP contribution < -0.4 is 5.32 Å². The van der Waals surface area contributed by atoms with E-state index in [2.05, 4.69) is 10.3 Å². The summed E-state index contributed by atoms with van der Waals surface area (Å²) in [6.45, 7) is 0. The van der Waals surface area contributed by atoms with Crippen LogP contribution >= 0.6 is 23.5 Å². The summed E-state index contributed by atoms with van der Waals surface area (Å²) < 4.78 is 38.5. The quantitative estimate of drug-likeness (QED) is 0.750. The predicted molar refractivity (Wildman–Crippen MR) is 59.9 cm³/mol. The van der Waals surface area contributed by atoms with Gasteiger partial charge in [-0.15, -0.1) is 11.8 Å². The van der Waals surface area contributed by atoms with Crippen molar-refractivity contribution in [2.24, 2.45) is 4.99 Å². The van der Waals surface area contributed by atoms with Crippen LogP contribution in [0.15, 0.2) is 4.99 Å².